The Morgan fingerprint density at radius 2 is 1.70 bits per heavy atom. The van der Waals surface area contributed by atoms with E-state index in [0.29, 0.717) is 0 Å². The zero-order valence-corrected chi connectivity index (χ0v) is 15.0. The predicted octanol–water partition coefficient (Wildman–Crippen LogP) is 4.30. The molecule has 0 bridgehead atoms. The molecule has 0 radical (unpaired) electrons. The molecule has 1 atom stereocenters. The van der Waals surface area contributed by atoms with Crippen molar-refractivity contribution in [2.24, 2.45) is 0 Å². The molecule has 0 saturated carbocycles. The SMILES string of the molecule is CCc1ccc([C@@H](C)NC(=O)COC(=O)c2ccccc2C(F)(F)F)cc1. The van der Waals surface area contributed by atoms with Crippen molar-refractivity contribution in [3.05, 3.63) is 70.8 Å². The summed E-state index contributed by atoms with van der Waals surface area (Å²) in [5.74, 6) is -1.79. The zero-order valence-electron chi connectivity index (χ0n) is 15.0. The van der Waals surface area contributed by atoms with E-state index < -0.39 is 35.8 Å². The molecule has 27 heavy (non-hydrogen) atoms. The number of esters is 1. The van der Waals surface area contributed by atoms with E-state index in [9.17, 15) is 22.8 Å². The fourth-order valence-corrected chi connectivity index (χ4v) is 2.53. The summed E-state index contributed by atoms with van der Waals surface area (Å²) in [6.07, 6.45) is -3.78. The average Bonchev–Trinajstić information content (AvgIpc) is 2.65. The van der Waals surface area contributed by atoms with Gasteiger partial charge in [0.15, 0.2) is 6.61 Å². The van der Waals surface area contributed by atoms with Gasteiger partial charge in [-0.3, -0.25) is 4.79 Å². The third-order valence-corrected chi connectivity index (χ3v) is 4.05. The lowest BCUT2D eigenvalue weighted by Crippen LogP contribution is -2.31. The summed E-state index contributed by atoms with van der Waals surface area (Å²) in [5.41, 5.74) is 0.310. The van der Waals surface area contributed by atoms with Gasteiger partial charge in [-0.1, -0.05) is 43.3 Å². The minimum Gasteiger partial charge on any atom is -0.452 e. The summed E-state index contributed by atoms with van der Waals surface area (Å²) >= 11 is 0. The van der Waals surface area contributed by atoms with Gasteiger partial charge in [0, 0.05) is 0 Å². The van der Waals surface area contributed by atoms with Crippen molar-refractivity contribution in [3.63, 3.8) is 0 Å². The molecule has 0 saturated heterocycles. The molecule has 0 aromatic heterocycles. The van der Waals surface area contributed by atoms with Gasteiger partial charge in [0.1, 0.15) is 0 Å². The molecule has 2 aromatic rings. The van der Waals surface area contributed by atoms with E-state index in [-0.39, 0.29) is 6.04 Å². The molecule has 0 unspecified atom stereocenters. The largest absolute Gasteiger partial charge is 0.452 e. The van der Waals surface area contributed by atoms with E-state index in [1.165, 1.54) is 12.1 Å². The Morgan fingerprint density at radius 1 is 1.07 bits per heavy atom. The van der Waals surface area contributed by atoms with E-state index in [1.807, 2.05) is 31.2 Å². The third-order valence-electron chi connectivity index (χ3n) is 4.05. The van der Waals surface area contributed by atoms with Crippen LogP contribution in [0.15, 0.2) is 48.5 Å². The van der Waals surface area contributed by atoms with Crippen molar-refractivity contribution in [2.75, 3.05) is 6.61 Å². The number of amides is 1. The second-order valence-electron chi connectivity index (χ2n) is 6.00. The molecule has 7 heteroatoms. The van der Waals surface area contributed by atoms with E-state index in [2.05, 4.69) is 5.32 Å². The van der Waals surface area contributed by atoms with Crippen molar-refractivity contribution in [3.8, 4) is 0 Å². The Balaban J connectivity index is 1.94. The quantitative estimate of drug-likeness (QED) is 0.762. The van der Waals surface area contributed by atoms with E-state index >= 15 is 0 Å². The van der Waals surface area contributed by atoms with Crippen LogP contribution in [-0.4, -0.2) is 18.5 Å². The monoisotopic (exact) mass is 379 g/mol. The Kier molecular flexibility index (Phi) is 6.60. The van der Waals surface area contributed by atoms with Crippen LogP contribution in [0.4, 0.5) is 13.2 Å². The minimum absolute atomic E-state index is 0.329. The molecule has 0 aliphatic carbocycles. The lowest BCUT2D eigenvalue weighted by Gasteiger charge is -2.15. The van der Waals surface area contributed by atoms with Crippen molar-refractivity contribution >= 4 is 11.9 Å². The summed E-state index contributed by atoms with van der Waals surface area (Å²) in [5, 5.41) is 2.65. The normalized spacial score (nSPS) is 12.3. The Labute approximate surface area is 155 Å². The molecule has 2 aromatic carbocycles. The van der Waals surface area contributed by atoms with Gasteiger partial charge in [-0.25, -0.2) is 4.79 Å². The van der Waals surface area contributed by atoms with Gasteiger partial charge in [0.2, 0.25) is 0 Å². The first-order chi connectivity index (χ1) is 12.7. The summed E-state index contributed by atoms with van der Waals surface area (Å²) in [6, 6.07) is 11.6. The Morgan fingerprint density at radius 3 is 2.30 bits per heavy atom. The van der Waals surface area contributed by atoms with Crippen LogP contribution in [0.5, 0.6) is 0 Å². The number of carbonyl (C=O) groups is 2. The van der Waals surface area contributed by atoms with Gasteiger partial charge in [0.25, 0.3) is 5.91 Å². The van der Waals surface area contributed by atoms with Crippen LogP contribution in [0.1, 0.15) is 46.9 Å². The van der Waals surface area contributed by atoms with E-state index in [4.69, 9.17) is 4.74 Å². The fourth-order valence-electron chi connectivity index (χ4n) is 2.53. The number of carbonyl (C=O) groups excluding carboxylic acids is 2. The number of hydrogen-bond acceptors (Lipinski definition) is 3. The third kappa shape index (κ3) is 5.57. The Bertz CT molecular complexity index is 801. The van der Waals surface area contributed by atoms with Crippen molar-refractivity contribution in [1.29, 1.82) is 0 Å². The predicted molar refractivity (Wildman–Crippen MR) is 94.1 cm³/mol. The van der Waals surface area contributed by atoms with E-state index in [1.54, 1.807) is 6.92 Å². The molecular weight excluding hydrogens is 359 g/mol. The molecule has 144 valence electrons. The van der Waals surface area contributed by atoms with Crippen LogP contribution in [0.25, 0.3) is 0 Å². The smallest absolute Gasteiger partial charge is 0.417 e. The molecule has 0 fully saturated rings. The van der Waals surface area contributed by atoms with E-state index in [0.717, 1.165) is 29.7 Å². The highest BCUT2D eigenvalue weighted by molar-refractivity contribution is 5.93. The maximum absolute atomic E-state index is 12.9. The fraction of sp³-hybridized carbons (Fsp3) is 0.300. The van der Waals surface area contributed by atoms with Gasteiger partial charge in [-0.15, -0.1) is 0 Å². The molecule has 0 heterocycles. The molecule has 2 rings (SSSR count). The number of halogens is 3. The summed E-state index contributed by atoms with van der Waals surface area (Å²) < 4.78 is 43.6. The van der Waals surface area contributed by atoms with Crippen LogP contribution >= 0.6 is 0 Å². The molecule has 4 nitrogen and oxygen atoms in total. The summed E-state index contributed by atoms with van der Waals surface area (Å²) in [6.45, 7) is 3.13. The van der Waals surface area contributed by atoms with Gasteiger partial charge in [-0.05, 0) is 36.6 Å². The van der Waals surface area contributed by atoms with Gasteiger partial charge < -0.3 is 10.1 Å². The average molecular weight is 379 g/mol. The minimum atomic E-state index is -4.68. The van der Waals surface area contributed by atoms with Crippen molar-refractivity contribution in [2.45, 2.75) is 32.5 Å². The van der Waals surface area contributed by atoms with Crippen molar-refractivity contribution in [1.82, 2.24) is 5.32 Å². The number of nitrogens with one attached hydrogen (secondary N) is 1. The highest BCUT2D eigenvalue weighted by Gasteiger charge is 2.35. The number of hydrogen-bond donors (Lipinski definition) is 1. The molecule has 0 aliphatic rings. The molecular formula is C20H20F3NO3. The molecule has 0 aliphatic heterocycles. The standard InChI is InChI=1S/C20H20F3NO3/c1-3-14-8-10-15(11-9-14)13(2)24-18(25)12-27-19(26)16-6-4-5-7-17(16)20(21,22)23/h4-11,13H,3,12H2,1-2H3,(H,24,25)/t13-/m1/s1. The number of aryl methyl sites for hydroxylation is 1. The lowest BCUT2D eigenvalue weighted by atomic mass is 10.1. The highest BCUT2D eigenvalue weighted by atomic mass is 19.4. The first-order valence-electron chi connectivity index (χ1n) is 8.44. The number of ether oxygens (including phenoxy) is 1. The number of alkyl halides is 3. The molecule has 1 amide bonds. The van der Waals surface area contributed by atoms with Gasteiger partial charge in [-0.2, -0.15) is 13.2 Å². The van der Waals surface area contributed by atoms with Crippen LogP contribution in [0.3, 0.4) is 0 Å². The lowest BCUT2D eigenvalue weighted by molar-refractivity contribution is -0.138. The number of rotatable bonds is 6. The first kappa shape index (κ1) is 20.5. The summed E-state index contributed by atoms with van der Waals surface area (Å²) in [7, 11) is 0. The maximum atomic E-state index is 12.9. The summed E-state index contributed by atoms with van der Waals surface area (Å²) in [4.78, 5) is 23.9. The van der Waals surface area contributed by atoms with Crippen molar-refractivity contribution < 1.29 is 27.5 Å². The highest BCUT2D eigenvalue weighted by Crippen LogP contribution is 2.32. The van der Waals surface area contributed by atoms with Gasteiger partial charge >= 0.3 is 12.1 Å². The van der Waals surface area contributed by atoms with Crippen LogP contribution in [-0.2, 0) is 22.1 Å². The first-order valence-corrected chi connectivity index (χ1v) is 8.44. The van der Waals surface area contributed by atoms with Crippen LogP contribution in [0.2, 0.25) is 0 Å². The molecule has 1 N–H and O–H groups in total. The maximum Gasteiger partial charge on any atom is 0.417 e. The van der Waals surface area contributed by atoms with Gasteiger partial charge in [0.05, 0.1) is 17.2 Å². The molecule has 0 spiro atoms. The second kappa shape index (κ2) is 8.70. The number of benzene rings is 2. The van der Waals surface area contributed by atoms with Crippen LogP contribution in [0, 0.1) is 0 Å². The topological polar surface area (TPSA) is 55.4 Å². The second-order valence-corrected chi connectivity index (χ2v) is 6.00. The zero-order chi connectivity index (χ0) is 20.0. The van der Waals surface area contributed by atoms with Crippen LogP contribution < -0.4 is 5.32 Å². The Hall–Kier alpha value is -2.83.